The highest BCUT2D eigenvalue weighted by Gasteiger charge is 2.21. The Morgan fingerprint density at radius 3 is 3.05 bits per heavy atom. The van der Waals surface area contributed by atoms with E-state index in [2.05, 4.69) is 47.3 Å². The molecule has 3 heteroatoms. The Hall–Kier alpha value is -1.87. The zero-order valence-corrected chi connectivity index (χ0v) is 13.1. The number of para-hydroxylation sites is 1. The van der Waals surface area contributed by atoms with Crippen molar-refractivity contribution in [2.45, 2.75) is 25.8 Å². The van der Waals surface area contributed by atoms with E-state index < -0.39 is 6.67 Å². The highest BCUT2D eigenvalue weighted by Crippen LogP contribution is 2.31. The van der Waals surface area contributed by atoms with Gasteiger partial charge in [-0.15, -0.1) is 0 Å². The van der Waals surface area contributed by atoms with E-state index in [1.54, 1.807) is 6.08 Å². The molecule has 2 heterocycles. The van der Waals surface area contributed by atoms with Crippen LogP contribution in [0.2, 0.25) is 0 Å². The van der Waals surface area contributed by atoms with E-state index in [0.29, 0.717) is 5.92 Å². The third-order valence-corrected chi connectivity index (χ3v) is 4.35. The number of hydrogen-bond donors (Lipinski definition) is 1. The second kappa shape index (κ2) is 6.93. The topological polar surface area (TPSA) is 17.0 Å². The molecule has 1 aliphatic rings. The summed E-state index contributed by atoms with van der Waals surface area (Å²) in [5, 5.41) is 4.82. The number of rotatable bonds is 5. The van der Waals surface area contributed by atoms with E-state index in [0.717, 1.165) is 19.6 Å². The van der Waals surface area contributed by atoms with Crippen molar-refractivity contribution >= 4 is 10.9 Å². The predicted molar refractivity (Wildman–Crippen MR) is 91.0 cm³/mol. The molecule has 2 aromatic rings. The van der Waals surface area contributed by atoms with E-state index in [1.165, 1.54) is 34.5 Å². The van der Waals surface area contributed by atoms with Gasteiger partial charge in [0, 0.05) is 30.2 Å². The van der Waals surface area contributed by atoms with E-state index in [1.807, 2.05) is 6.08 Å². The first kappa shape index (κ1) is 15.0. The van der Waals surface area contributed by atoms with Gasteiger partial charge in [0.1, 0.15) is 6.67 Å². The largest absolute Gasteiger partial charge is 0.343 e. The number of halogens is 1. The number of nitrogens with zero attached hydrogens (tertiary/aromatic N) is 1. The second-order valence-electron chi connectivity index (χ2n) is 6.01. The molecule has 0 radical (unpaired) electrons. The summed E-state index contributed by atoms with van der Waals surface area (Å²) < 4.78 is 14.4. The Morgan fingerprint density at radius 2 is 2.27 bits per heavy atom. The molecule has 1 N–H and O–H groups in total. The van der Waals surface area contributed by atoms with Gasteiger partial charge in [0.15, 0.2) is 0 Å². The summed E-state index contributed by atoms with van der Waals surface area (Å²) in [7, 11) is 0. The summed E-state index contributed by atoms with van der Waals surface area (Å²) in [5.74, 6) is 0.613. The molecule has 0 bridgehead atoms. The van der Waals surface area contributed by atoms with Gasteiger partial charge < -0.3 is 9.88 Å². The second-order valence-corrected chi connectivity index (χ2v) is 6.01. The van der Waals surface area contributed by atoms with Gasteiger partial charge in [0.2, 0.25) is 0 Å². The molecule has 0 amide bonds. The van der Waals surface area contributed by atoms with Gasteiger partial charge in [-0.1, -0.05) is 42.0 Å². The maximum atomic E-state index is 12.1. The van der Waals surface area contributed by atoms with Crippen LogP contribution in [0.5, 0.6) is 0 Å². The Balaban J connectivity index is 1.92. The normalized spacial score (nSPS) is 19.5. The van der Waals surface area contributed by atoms with Crippen LogP contribution in [-0.2, 0) is 6.54 Å². The Bertz CT molecular complexity index is 691. The van der Waals surface area contributed by atoms with Gasteiger partial charge >= 0.3 is 0 Å². The lowest BCUT2D eigenvalue weighted by Crippen LogP contribution is -2.07. The number of hydrogen-bond acceptors (Lipinski definition) is 1. The maximum absolute atomic E-state index is 12.1. The van der Waals surface area contributed by atoms with Crippen LogP contribution in [0.3, 0.4) is 0 Å². The lowest BCUT2D eigenvalue weighted by molar-refractivity contribution is 0.562. The minimum absolute atomic E-state index is 0.408. The van der Waals surface area contributed by atoms with Gasteiger partial charge in [-0.2, -0.15) is 0 Å². The average molecular weight is 298 g/mol. The molecule has 2 nitrogen and oxygen atoms in total. The molecule has 22 heavy (non-hydrogen) atoms. The highest BCUT2D eigenvalue weighted by atomic mass is 19.1. The summed E-state index contributed by atoms with van der Waals surface area (Å²) in [6, 6.07) is 8.62. The van der Waals surface area contributed by atoms with Crippen molar-refractivity contribution in [3.8, 4) is 0 Å². The summed E-state index contributed by atoms with van der Waals surface area (Å²) >= 11 is 0. The molecule has 1 saturated heterocycles. The molecule has 1 aromatic carbocycles. The van der Waals surface area contributed by atoms with Crippen molar-refractivity contribution in [3.63, 3.8) is 0 Å². The van der Waals surface area contributed by atoms with Crippen molar-refractivity contribution in [2.75, 3.05) is 19.8 Å². The van der Waals surface area contributed by atoms with Crippen molar-refractivity contribution in [1.29, 1.82) is 0 Å². The molecule has 1 aromatic heterocycles. The Morgan fingerprint density at radius 1 is 1.41 bits per heavy atom. The Labute approximate surface area is 131 Å². The van der Waals surface area contributed by atoms with Crippen molar-refractivity contribution in [1.82, 2.24) is 9.88 Å². The molecule has 1 unspecified atom stereocenters. The average Bonchev–Trinajstić information content (AvgIpc) is 3.16. The van der Waals surface area contributed by atoms with Crippen molar-refractivity contribution in [3.05, 3.63) is 59.8 Å². The first-order chi connectivity index (χ1) is 10.8. The molecule has 0 aliphatic carbocycles. The molecular weight excluding hydrogens is 275 g/mol. The SMILES string of the molecule is C/C(=C\C=C/CF)Cn1cc(C2CCNC2)c2ccccc21. The lowest BCUT2D eigenvalue weighted by Gasteiger charge is -2.06. The molecule has 1 aliphatic heterocycles. The van der Waals surface area contributed by atoms with Gasteiger partial charge in [-0.3, -0.25) is 0 Å². The number of aromatic nitrogens is 1. The number of alkyl halides is 1. The van der Waals surface area contributed by atoms with Crippen LogP contribution in [0.1, 0.15) is 24.8 Å². The Kier molecular flexibility index (Phi) is 4.74. The van der Waals surface area contributed by atoms with E-state index >= 15 is 0 Å². The van der Waals surface area contributed by atoms with Crippen LogP contribution in [0, 0.1) is 0 Å². The van der Waals surface area contributed by atoms with Crippen LogP contribution in [0.4, 0.5) is 4.39 Å². The number of fused-ring (bicyclic) bond motifs is 1. The van der Waals surface area contributed by atoms with Crippen molar-refractivity contribution < 1.29 is 4.39 Å². The molecule has 0 saturated carbocycles. The first-order valence-electron chi connectivity index (χ1n) is 7.96. The van der Waals surface area contributed by atoms with Crippen LogP contribution in [-0.4, -0.2) is 24.3 Å². The quantitative estimate of drug-likeness (QED) is 0.819. The van der Waals surface area contributed by atoms with E-state index in [9.17, 15) is 4.39 Å². The fraction of sp³-hybridized carbons (Fsp3) is 0.368. The molecular formula is C19H23FN2. The molecule has 0 spiro atoms. The minimum Gasteiger partial charge on any atom is -0.343 e. The molecule has 116 valence electrons. The number of nitrogens with one attached hydrogen (secondary N) is 1. The van der Waals surface area contributed by atoms with Gasteiger partial charge in [0.05, 0.1) is 0 Å². The fourth-order valence-corrected chi connectivity index (χ4v) is 3.26. The summed E-state index contributed by atoms with van der Waals surface area (Å²) in [5.41, 5.74) is 3.96. The third kappa shape index (κ3) is 3.14. The molecule has 1 atom stereocenters. The maximum Gasteiger partial charge on any atom is 0.108 e. The zero-order valence-electron chi connectivity index (χ0n) is 13.1. The highest BCUT2D eigenvalue weighted by molar-refractivity contribution is 5.84. The monoisotopic (exact) mass is 298 g/mol. The number of benzene rings is 1. The molecule has 3 rings (SSSR count). The van der Waals surface area contributed by atoms with E-state index in [4.69, 9.17) is 0 Å². The first-order valence-corrected chi connectivity index (χ1v) is 7.96. The van der Waals surface area contributed by atoms with Crippen LogP contribution < -0.4 is 5.32 Å². The van der Waals surface area contributed by atoms with Crippen LogP contribution in [0.25, 0.3) is 10.9 Å². The van der Waals surface area contributed by atoms with Crippen LogP contribution in [0.15, 0.2) is 54.3 Å². The standard InChI is InChI=1S/C19H23FN2/c1-15(6-4-5-10-20)13-22-14-18(16-9-11-21-12-16)17-7-2-3-8-19(17)22/h2-8,14,16,21H,9-13H2,1H3/b5-4-,15-6+. The summed E-state index contributed by atoms with van der Waals surface area (Å²) in [4.78, 5) is 0. The summed E-state index contributed by atoms with van der Waals surface area (Å²) in [6.07, 6.45) is 8.83. The van der Waals surface area contributed by atoms with Crippen molar-refractivity contribution in [2.24, 2.45) is 0 Å². The van der Waals surface area contributed by atoms with Crippen LogP contribution >= 0.6 is 0 Å². The summed E-state index contributed by atoms with van der Waals surface area (Å²) in [6.45, 7) is 4.71. The van der Waals surface area contributed by atoms with E-state index in [-0.39, 0.29) is 0 Å². The molecule has 1 fully saturated rings. The van der Waals surface area contributed by atoms with Gasteiger partial charge in [-0.05, 0) is 37.4 Å². The lowest BCUT2D eigenvalue weighted by atomic mass is 9.98. The number of allylic oxidation sites excluding steroid dienone is 4. The predicted octanol–water partition coefficient (Wildman–Crippen LogP) is 4.19. The van der Waals surface area contributed by atoms with Gasteiger partial charge in [-0.25, -0.2) is 4.39 Å². The smallest absolute Gasteiger partial charge is 0.108 e. The zero-order chi connectivity index (χ0) is 15.4. The third-order valence-electron chi connectivity index (χ3n) is 4.35. The minimum atomic E-state index is -0.408. The fourth-order valence-electron chi connectivity index (χ4n) is 3.26. The van der Waals surface area contributed by atoms with Gasteiger partial charge in [0.25, 0.3) is 0 Å².